The van der Waals surface area contributed by atoms with Gasteiger partial charge in [0.05, 0.1) is 13.2 Å². The molecule has 4 nitrogen and oxygen atoms in total. The quantitative estimate of drug-likeness (QED) is 0.790. The zero-order valence-corrected chi connectivity index (χ0v) is 14.4. The van der Waals surface area contributed by atoms with Gasteiger partial charge in [0.15, 0.2) is 5.11 Å². The second-order valence-electron chi connectivity index (χ2n) is 5.30. The fourth-order valence-electron chi connectivity index (χ4n) is 2.04. The Labute approximate surface area is 142 Å². The summed E-state index contributed by atoms with van der Waals surface area (Å²) in [6.07, 6.45) is 0. The molecule has 0 bridgehead atoms. The molecule has 0 radical (unpaired) electrons. The van der Waals surface area contributed by atoms with Crippen LogP contribution in [-0.2, 0) is 0 Å². The first-order valence-corrected chi connectivity index (χ1v) is 7.89. The number of para-hydroxylation sites is 1. The Morgan fingerprint density at radius 3 is 2.48 bits per heavy atom. The molecule has 0 fully saturated rings. The Morgan fingerprint density at radius 2 is 1.83 bits per heavy atom. The van der Waals surface area contributed by atoms with Gasteiger partial charge in [-0.2, -0.15) is 0 Å². The Kier molecular flexibility index (Phi) is 6.23. The number of benzene rings is 2. The normalized spacial score (nSPS) is 11.4. The highest BCUT2D eigenvalue weighted by Crippen LogP contribution is 2.16. The molecule has 2 N–H and O–H groups in total. The zero-order valence-electron chi connectivity index (χ0n) is 13.6. The minimum Gasteiger partial charge on any atom is -0.497 e. The first-order chi connectivity index (χ1) is 11.1. The van der Waals surface area contributed by atoms with E-state index in [1.807, 2.05) is 62.4 Å². The van der Waals surface area contributed by atoms with Gasteiger partial charge in [0, 0.05) is 5.69 Å². The highest BCUT2D eigenvalue weighted by atomic mass is 32.1. The van der Waals surface area contributed by atoms with Crippen LogP contribution in [0.3, 0.4) is 0 Å². The van der Waals surface area contributed by atoms with Gasteiger partial charge in [-0.3, -0.25) is 0 Å². The van der Waals surface area contributed by atoms with Crippen molar-refractivity contribution in [2.45, 2.75) is 19.9 Å². The van der Waals surface area contributed by atoms with Crippen LogP contribution < -0.4 is 20.1 Å². The summed E-state index contributed by atoms with van der Waals surface area (Å²) in [7, 11) is 1.64. The number of methoxy groups -OCH3 is 1. The fraction of sp³-hybridized carbons (Fsp3) is 0.278. The van der Waals surface area contributed by atoms with E-state index >= 15 is 0 Å². The van der Waals surface area contributed by atoms with Crippen LogP contribution in [-0.4, -0.2) is 24.9 Å². The lowest BCUT2D eigenvalue weighted by Crippen LogP contribution is -2.39. The molecule has 122 valence electrons. The van der Waals surface area contributed by atoms with Gasteiger partial charge in [-0.05, 0) is 62.0 Å². The van der Waals surface area contributed by atoms with Crippen LogP contribution in [0.15, 0.2) is 48.5 Å². The Hall–Kier alpha value is -2.27. The summed E-state index contributed by atoms with van der Waals surface area (Å²) in [5.41, 5.74) is 2.04. The molecule has 0 saturated carbocycles. The molecule has 0 amide bonds. The average molecular weight is 330 g/mol. The van der Waals surface area contributed by atoms with Crippen LogP contribution in [0.1, 0.15) is 12.5 Å². The summed E-state index contributed by atoms with van der Waals surface area (Å²) in [4.78, 5) is 0. The third kappa shape index (κ3) is 5.45. The molecule has 0 saturated heterocycles. The molecule has 0 aliphatic carbocycles. The minimum atomic E-state index is 0.0906. The van der Waals surface area contributed by atoms with E-state index in [1.54, 1.807) is 7.11 Å². The van der Waals surface area contributed by atoms with Crippen LogP contribution >= 0.6 is 12.2 Å². The number of rotatable bonds is 6. The molecular weight excluding hydrogens is 308 g/mol. The highest BCUT2D eigenvalue weighted by molar-refractivity contribution is 7.80. The Bertz CT molecular complexity index is 644. The van der Waals surface area contributed by atoms with E-state index in [4.69, 9.17) is 21.7 Å². The summed E-state index contributed by atoms with van der Waals surface area (Å²) >= 11 is 5.32. The molecule has 5 heteroatoms. The van der Waals surface area contributed by atoms with Crippen LogP contribution in [0.5, 0.6) is 11.5 Å². The minimum absolute atomic E-state index is 0.0906. The molecular formula is C18H22N2O2S. The number of ether oxygens (including phenoxy) is 2. The average Bonchev–Trinajstić information content (AvgIpc) is 2.54. The molecule has 0 aromatic heterocycles. The lowest BCUT2D eigenvalue weighted by atomic mass is 10.2. The van der Waals surface area contributed by atoms with E-state index < -0.39 is 0 Å². The molecule has 0 heterocycles. The molecule has 2 aromatic carbocycles. The second kappa shape index (κ2) is 8.39. The zero-order chi connectivity index (χ0) is 16.7. The van der Waals surface area contributed by atoms with E-state index in [-0.39, 0.29) is 6.04 Å². The molecule has 0 spiro atoms. The third-order valence-electron chi connectivity index (χ3n) is 3.31. The fourth-order valence-corrected chi connectivity index (χ4v) is 2.36. The number of hydrogen-bond donors (Lipinski definition) is 2. The highest BCUT2D eigenvalue weighted by Gasteiger charge is 2.07. The van der Waals surface area contributed by atoms with Crippen molar-refractivity contribution in [3.63, 3.8) is 0 Å². The molecule has 2 aromatic rings. The topological polar surface area (TPSA) is 42.5 Å². The molecule has 0 aliphatic heterocycles. The summed E-state index contributed by atoms with van der Waals surface area (Å²) in [6.45, 7) is 4.60. The standard InChI is InChI=1S/C18H22N2O2S/c1-13-6-4-5-7-17(13)22-12-14(2)19-18(23)20-15-8-10-16(21-3)11-9-15/h4-11,14H,12H2,1-3H3,(H2,19,20,23)/t14-/m1/s1. The molecule has 23 heavy (non-hydrogen) atoms. The van der Waals surface area contributed by atoms with Crippen LogP contribution in [0.2, 0.25) is 0 Å². The van der Waals surface area contributed by atoms with Crippen LogP contribution in [0.4, 0.5) is 5.69 Å². The van der Waals surface area contributed by atoms with Gasteiger partial charge < -0.3 is 20.1 Å². The number of hydrogen-bond acceptors (Lipinski definition) is 3. The SMILES string of the molecule is COc1ccc(NC(=S)N[C@H](C)COc2ccccc2C)cc1. The van der Waals surface area contributed by atoms with Gasteiger partial charge >= 0.3 is 0 Å². The van der Waals surface area contributed by atoms with Crippen molar-refractivity contribution in [2.75, 3.05) is 19.0 Å². The van der Waals surface area contributed by atoms with Gasteiger partial charge in [0.25, 0.3) is 0 Å². The van der Waals surface area contributed by atoms with Crippen LogP contribution in [0, 0.1) is 6.92 Å². The number of aryl methyl sites for hydroxylation is 1. The van der Waals surface area contributed by atoms with Crippen molar-refractivity contribution >= 4 is 23.0 Å². The molecule has 0 aliphatic rings. The first kappa shape index (κ1) is 17.1. The summed E-state index contributed by atoms with van der Waals surface area (Å²) in [5.74, 6) is 1.71. The van der Waals surface area contributed by atoms with Crippen molar-refractivity contribution < 1.29 is 9.47 Å². The summed E-state index contributed by atoms with van der Waals surface area (Å²) in [6, 6.07) is 15.7. The van der Waals surface area contributed by atoms with Crippen molar-refractivity contribution in [2.24, 2.45) is 0 Å². The largest absolute Gasteiger partial charge is 0.497 e. The van der Waals surface area contributed by atoms with Crippen molar-refractivity contribution in [1.29, 1.82) is 0 Å². The van der Waals surface area contributed by atoms with Crippen molar-refractivity contribution in [3.05, 3.63) is 54.1 Å². The second-order valence-corrected chi connectivity index (χ2v) is 5.71. The summed E-state index contributed by atoms with van der Waals surface area (Å²) in [5, 5.41) is 6.92. The lowest BCUT2D eigenvalue weighted by molar-refractivity contribution is 0.285. The molecule has 0 unspecified atom stereocenters. The van der Waals surface area contributed by atoms with E-state index in [2.05, 4.69) is 10.6 Å². The van der Waals surface area contributed by atoms with Gasteiger partial charge in [-0.1, -0.05) is 18.2 Å². The predicted octanol–water partition coefficient (Wildman–Crippen LogP) is 3.76. The number of nitrogens with one attached hydrogen (secondary N) is 2. The Balaban J connectivity index is 1.79. The van der Waals surface area contributed by atoms with E-state index in [0.29, 0.717) is 11.7 Å². The number of anilines is 1. The molecule has 2 rings (SSSR count). The molecule has 1 atom stereocenters. The van der Waals surface area contributed by atoms with Gasteiger partial charge in [-0.15, -0.1) is 0 Å². The van der Waals surface area contributed by atoms with Gasteiger partial charge in [0.1, 0.15) is 18.1 Å². The lowest BCUT2D eigenvalue weighted by Gasteiger charge is -2.18. The summed E-state index contributed by atoms with van der Waals surface area (Å²) < 4.78 is 10.9. The van der Waals surface area contributed by atoms with E-state index in [1.165, 1.54) is 0 Å². The first-order valence-electron chi connectivity index (χ1n) is 7.48. The van der Waals surface area contributed by atoms with Crippen LogP contribution in [0.25, 0.3) is 0 Å². The van der Waals surface area contributed by atoms with Gasteiger partial charge in [-0.25, -0.2) is 0 Å². The van der Waals surface area contributed by atoms with Gasteiger partial charge in [0.2, 0.25) is 0 Å². The maximum atomic E-state index is 5.81. The Morgan fingerprint density at radius 1 is 1.13 bits per heavy atom. The smallest absolute Gasteiger partial charge is 0.171 e. The monoisotopic (exact) mass is 330 g/mol. The number of thiocarbonyl (C=S) groups is 1. The third-order valence-corrected chi connectivity index (χ3v) is 3.53. The maximum absolute atomic E-state index is 5.81. The van der Waals surface area contributed by atoms with Crippen molar-refractivity contribution in [1.82, 2.24) is 5.32 Å². The van der Waals surface area contributed by atoms with E-state index in [0.717, 1.165) is 22.7 Å². The maximum Gasteiger partial charge on any atom is 0.171 e. The van der Waals surface area contributed by atoms with E-state index in [9.17, 15) is 0 Å². The van der Waals surface area contributed by atoms with Crippen molar-refractivity contribution in [3.8, 4) is 11.5 Å². The predicted molar refractivity (Wildman–Crippen MR) is 98.5 cm³/mol.